The SMILES string of the molecule is CC(O)(CNC(=O)C1CCCC(N)C1)C(=O)O. The van der Waals surface area contributed by atoms with Gasteiger partial charge in [-0.05, 0) is 26.2 Å². The molecule has 1 rings (SSSR count). The van der Waals surface area contributed by atoms with E-state index >= 15 is 0 Å². The van der Waals surface area contributed by atoms with Crippen molar-refractivity contribution in [3.63, 3.8) is 0 Å². The topological polar surface area (TPSA) is 113 Å². The molecular formula is C11H20N2O4. The van der Waals surface area contributed by atoms with Crippen LogP contribution < -0.4 is 11.1 Å². The largest absolute Gasteiger partial charge is 0.479 e. The molecule has 6 nitrogen and oxygen atoms in total. The van der Waals surface area contributed by atoms with Crippen molar-refractivity contribution in [2.75, 3.05) is 6.54 Å². The molecule has 0 heterocycles. The van der Waals surface area contributed by atoms with Crippen molar-refractivity contribution in [3.8, 4) is 0 Å². The third kappa shape index (κ3) is 3.98. The summed E-state index contributed by atoms with van der Waals surface area (Å²) in [7, 11) is 0. The molecule has 1 aliphatic carbocycles. The lowest BCUT2D eigenvalue weighted by atomic mass is 9.85. The lowest BCUT2D eigenvalue weighted by Gasteiger charge is -2.27. The van der Waals surface area contributed by atoms with Crippen LogP contribution in [0.3, 0.4) is 0 Å². The molecule has 5 N–H and O–H groups in total. The van der Waals surface area contributed by atoms with Crippen molar-refractivity contribution in [1.29, 1.82) is 0 Å². The van der Waals surface area contributed by atoms with Gasteiger partial charge in [0.05, 0.1) is 6.54 Å². The fraction of sp³-hybridized carbons (Fsp3) is 0.818. The van der Waals surface area contributed by atoms with Crippen LogP contribution in [0.1, 0.15) is 32.6 Å². The van der Waals surface area contributed by atoms with E-state index in [1.165, 1.54) is 0 Å². The monoisotopic (exact) mass is 244 g/mol. The number of aliphatic hydroxyl groups is 1. The number of rotatable bonds is 4. The first-order chi connectivity index (χ1) is 7.83. The summed E-state index contributed by atoms with van der Waals surface area (Å²) in [5, 5.41) is 20.6. The van der Waals surface area contributed by atoms with E-state index < -0.39 is 11.6 Å². The molecular weight excluding hydrogens is 224 g/mol. The predicted molar refractivity (Wildman–Crippen MR) is 61.2 cm³/mol. The third-order valence-corrected chi connectivity index (χ3v) is 3.15. The Bertz CT molecular complexity index is 304. The maximum absolute atomic E-state index is 11.7. The Morgan fingerprint density at radius 1 is 1.47 bits per heavy atom. The van der Waals surface area contributed by atoms with E-state index in [-0.39, 0.29) is 24.4 Å². The van der Waals surface area contributed by atoms with Crippen LogP contribution >= 0.6 is 0 Å². The second-order valence-electron chi connectivity index (χ2n) is 4.92. The van der Waals surface area contributed by atoms with Crippen LogP contribution in [0.25, 0.3) is 0 Å². The molecule has 0 radical (unpaired) electrons. The summed E-state index contributed by atoms with van der Waals surface area (Å²) in [4.78, 5) is 22.4. The van der Waals surface area contributed by atoms with Gasteiger partial charge in [-0.2, -0.15) is 0 Å². The normalized spacial score (nSPS) is 28.2. The number of carboxylic acid groups (broad SMARTS) is 1. The Kier molecular flexibility index (Phi) is 4.47. The Morgan fingerprint density at radius 3 is 2.65 bits per heavy atom. The number of aliphatic carboxylic acids is 1. The quantitative estimate of drug-likeness (QED) is 0.530. The number of nitrogens with one attached hydrogen (secondary N) is 1. The van der Waals surface area contributed by atoms with Gasteiger partial charge in [-0.25, -0.2) is 4.79 Å². The second kappa shape index (κ2) is 5.46. The number of carbonyl (C=O) groups excluding carboxylic acids is 1. The zero-order valence-corrected chi connectivity index (χ0v) is 9.98. The maximum atomic E-state index is 11.7. The van der Waals surface area contributed by atoms with Gasteiger partial charge in [0, 0.05) is 12.0 Å². The highest BCUT2D eigenvalue weighted by molar-refractivity contribution is 5.81. The summed E-state index contributed by atoms with van der Waals surface area (Å²) >= 11 is 0. The number of hydrogen-bond donors (Lipinski definition) is 4. The molecule has 3 atom stereocenters. The van der Waals surface area contributed by atoms with E-state index in [0.29, 0.717) is 6.42 Å². The third-order valence-electron chi connectivity index (χ3n) is 3.15. The molecule has 0 spiro atoms. The van der Waals surface area contributed by atoms with Gasteiger partial charge in [-0.1, -0.05) is 6.42 Å². The molecule has 1 fully saturated rings. The summed E-state index contributed by atoms with van der Waals surface area (Å²) in [6, 6.07) is 0.0412. The van der Waals surface area contributed by atoms with Crippen molar-refractivity contribution in [1.82, 2.24) is 5.32 Å². The van der Waals surface area contributed by atoms with Crippen LogP contribution in [0.5, 0.6) is 0 Å². The minimum Gasteiger partial charge on any atom is -0.479 e. The molecule has 3 unspecified atom stereocenters. The summed E-state index contributed by atoms with van der Waals surface area (Å²) in [6.45, 7) is 0.870. The van der Waals surface area contributed by atoms with Crippen molar-refractivity contribution in [3.05, 3.63) is 0 Å². The lowest BCUT2D eigenvalue weighted by molar-refractivity contribution is -0.156. The van der Waals surface area contributed by atoms with E-state index in [9.17, 15) is 14.7 Å². The first-order valence-electron chi connectivity index (χ1n) is 5.82. The number of amides is 1. The van der Waals surface area contributed by atoms with Gasteiger partial charge < -0.3 is 21.3 Å². The van der Waals surface area contributed by atoms with Gasteiger partial charge in [0.1, 0.15) is 0 Å². The Hall–Kier alpha value is -1.14. The summed E-state index contributed by atoms with van der Waals surface area (Å²) in [5.74, 6) is -1.73. The predicted octanol–water partition coefficient (Wildman–Crippen LogP) is -0.544. The maximum Gasteiger partial charge on any atom is 0.337 e. The van der Waals surface area contributed by atoms with Crippen LogP contribution in [0.15, 0.2) is 0 Å². The molecule has 0 saturated heterocycles. The molecule has 0 aromatic rings. The van der Waals surface area contributed by atoms with Crippen LogP contribution in [0, 0.1) is 5.92 Å². The van der Waals surface area contributed by atoms with E-state index in [0.717, 1.165) is 26.2 Å². The molecule has 1 aliphatic rings. The summed E-state index contributed by atoms with van der Waals surface area (Å²) in [6.07, 6.45) is 3.24. The van der Waals surface area contributed by atoms with Gasteiger partial charge in [0.25, 0.3) is 0 Å². The van der Waals surface area contributed by atoms with Crippen LogP contribution in [-0.2, 0) is 9.59 Å². The Labute approximate surface area is 100 Å². The van der Waals surface area contributed by atoms with E-state index in [1.54, 1.807) is 0 Å². The van der Waals surface area contributed by atoms with Crippen molar-refractivity contribution in [2.24, 2.45) is 11.7 Å². The van der Waals surface area contributed by atoms with Gasteiger partial charge in [0.15, 0.2) is 5.60 Å². The number of carboxylic acids is 1. The number of carbonyl (C=O) groups is 2. The second-order valence-corrected chi connectivity index (χ2v) is 4.92. The summed E-state index contributed by atoms with van der Waals surface area (Å²) in [5.41, 5.74) is 3.85. The fourth-order valence-corrected chi connectivity index (χ4v) is 1.94. The molecule has 0 bridgehead atoms. The first-order valence-corrected chi connectivity index (χ1v) is 5.82. The fourth-order valence-electron chi connectivity index (χ4n) is 1.94. The minimum absolute atomic E-state index is 0.0412. The molecule has 1 saturated carbocycles. The molecule has 0 aromatic heterocycles. The van der Waals surface area contributed by atoms with E-state index in [4.69, 9.17) is 10.8 Å². The van der Waals surface area contributed by atoms with Gasteiger partial charge in [0.2, 0.25) is 5.91 Å². The van der Waals surface area contributed by atoms with Crippen LogP contribution in [0.4, 0.5) is 0 Å². The van der Waals surface area contributed by atoms with Crippen molar-refractivity contribution in [2.45, 2.75) is 44.2 Å². The van der Waals surface area contributed by atoms with Gasteiger partial charge >= 0.3 is 5.97 Å². The molecule has 0 aromatic carbocycles. The molecule has 1 amide bonds. The highest BCUT2D eigenvalue weighted by atomic mass is 16.4. The summed E-state index contributed by atoms with van der Waals surface area (Å²) < 4.78 is 0. The van der Waals surface area contributed by atoms with Gasteiger partial charge in [-0.15, -0.1) is 0 Å². The highest BCUT2D eigenvalue weighted by Crippen LogP contribution is 2.23. The van der Waals surface area contributed by atoms with Gasteiger partial charge in [-0.3, -0.25) is 4.79 Å². The highest BCUT2D eigenvalue weighted by Gasteiger charge is 2.32. The first kappa shape index (κ1) is 13.9. The average Bonchev–Trinajstić information content (AvgIpc) is 2.25. The molecule has 98 valence electrons. The Morgan fingerprint density at radius 2 is 2.12 bits per heavy atom. The van der Waals surface area contributed by atoms with Crippen molar-refractivity contribution >= 4 is 11.9 Å². The number of nitrogens with two attached hydrogens (primary N) is 1. The van der Waals surface area contributed by atoms with Crippen LogP contribution in [-0.4, -0.2) is 40.3 Å². The lowest BCUT2D eigenvalue weighted by Crippen LogP contribution is -2.48. The smallest absolute Gasteiger partial charge is 0.337 e. The van der Waals surface area contributed by atoms with E-state index in [1.807, 2.05) is 0 Å². The Balaban J connectivity index is 2.41. The van der Waals surface area contributed by atoms with Crippen LogP contribution in [0.2, 0.25) is 0 Å². The average molecular weight is 244 g/mol. The molecule has 17 heavy (non-hydrogen) atoms. The molecule has 0 aliphatic heterocycles. The zero-order chi connectivity index (χ0) is 13.1. The number of hydrogen-bond acceptors (Lipinski definition) is 4. The molecule has 6 heteroatoms. The van der Waals surface area contributed by atoms with Crippen molar-refractivity contribution < 1.29 is 19.8 Å². The standard InChI is InChI=1S/C11H20N2O4/c1-11(17,10(15)16)6-13-9(14)7-3-2-4-8(12)5-7/h7-8,17H,2-6,12H2,1H3,(H,13,14)(H,15,16). The van der Waals surface area contributed by atoms with E-state index in [2.05, 4.69) is 5.32 Å². The zero-order valence-electron chi connectivity index (χ0n) is 9.98. The minimum atomic E-state index is -1.92.